The number of methoxy groups -OCH3 is 1. The number of hydrogen-bond donors (Lipinski definition) is 0. The molecule has 1 heterocycles. The second kappa shape index (κ2) is 6.47. The number of nitrogens with zero attached hydrogens (tertiary/aromatic N) is 4. The fraction of sp³-hybridized carbons (Fsp3) is 0.250. The first-order valence-electron chi connectivity index (χ1n) is 5.61. The van der Waals surface area contributed by atoms with Crippen molar-refractivity contribution in [3.63, 3.8) is 0 Å². The van der Waals surface area contributed by atoms with Crippen molar-refractivity contribution in [2.75, 3.05) is 13.4 Å². The summed E-state index contributed by atoms with van der Waals surface area (Å²) < 4.78 is 31.7. The maximum Gasteiger partial charge on any atom is 0.299 e. The van der Waals surface area contributed by atoms with Gasteiger partial charge < -0.3 is 4.74 Å². The lowest BCUT2D eigenvalue weighted by atomic mass is 10.2. The van der Waals surface area contributed by atoms with E-state index in [2.05, 4.69) is 15.3 Å². The number of hydrogen-bond acceptors (Lipinski definition) is 5. The van der Waals surface area contributed by atoms with Crippen molar-refractivity contribution in [2.24, 2.45) is 5.10 Å². The van der Waals surface area contributed by atoms with Crippen LogP contribution in [0.3, 0.4) is 0 Å². The van der Waals surface area contributed by atoms with Crippen LogP contribution >= 0.6 is 11.8 Å². The second-order valence-corrected chi connectivity index (χ2v) is 4.45. The molecule has 106 valence electrons. The predicted octanol–water partition coefficient (Wildman–Crippen LogP) is 2.83. The van der Waals surface area contributed by atoms with Gasteiger partial charge in [0.25, 0.3) is 6.43 Å². The Morgan fingerprint density at radius 1 is 1.40 bits per heavy atom. The van der Waals surface area contributed by atoms with Gasteiger partial charge in [0.05, 0.1) is 13.3 Å². The topological polar surface area (TPSA) is 52.3 Å². The average Bonchev–Trinajstić information content (AvgIpc) is 2.88. The van der Waals surface area contributed by atoms with E-state index in [0.717, 1.165) is 10.2 Å². The first kappa shape index (κ1) is 14.4. The highest BCUT2D eigenvalue weighted by atomic mass is 32.2. The molecule has 1 aromatic heterocycles. The number of alkyl halides is 2. The quantitative estimate of drug-likeness (QED) is 0.629. The first-order valence-corrected chi connectivity index (χ1v) is 6.84. The Balaban J connectivity index is 2.32. The molecule has 0 unspecified atom stereocenters. The predicted molar refractivity (Wildman–Crippen MR) is 72.7 cm³/mol. The van der Waals surface area contributed by atoms with Crippen molar-refractivity contribution in [1.82, 2.24) is 14.9 Å². The van der Waals surface area contributed by atoms with Crippen LogP contribution in [-0.4, -0.2) is 34.5 Å². The molecule has 0 radical (unpaired) electrons. The van der Waals surface area contributed by atoms with Crippen LogP contribution in [0.2, 0.25) is 0 Å². The van der Waals surface area contributed by atoms with Crippen LogP contribution in [0.25, 0.3) is 0 Å². The summed E-state index contributed by atoms with van der Waals surface area (Å²) in [6.45, 7) is 0. The second-order valence-electron chi connectivity index (χ2n) is 3.68. The minimum atomic E-state index is -2.73. The molecule has 5 nitrogen and oxygen atoms in total. The van der Waals surface area contributed by atoms with Gasteiger partial charge in [-0.2, -0.15) is 9.78 Å². The van der Waals surface area contributed by atoms with Crippen molar-refractivity contribution < 1.29 is 13.5 Å². The van der Waals surface area contributed by atoms with Crippen LogP contribution < -0.4 is 4.74 Å². The zero-order chi connectivity index (χ0) is 14.5. The molecule has 0 saturated carbocycles. The lowest BCUT2D eigenvalue weighted by Gasteiger charge is -2.02. The van der Waals surface area contributed by atoms with Crippen molar-refractivity contribution in [2.45, 2.75) is 11.6 Å². The van der Waals surface area contributed by atoms with E-state index in [-0.39, 0.29) is 0 Å². The van der Waals surface area contributed by atoms with Crippen molar-refractivity contribution in [3.8, 4) is 5.75 Å². The van der Waals surface area contributed by atoms with Crippen molar-refractivity contribution in [3.05, 3.63) is 35.7 Å². The van der Waals surface area contributed by atoms with Gasteiger partial charge in [0, 0.05) is 0 Å². The molecule has 1 aromatic carbocycles. The van der Waals surface area contributed by atoms with E-state index in [4.69, 9.17) is 4.74 Å². The Bertz CT molecular complexity index is 615. The molecule has 2 aromatic rings. The van der Waals surface area contributed by atoms with E-state index in [0.29, 0.717) is 10.9 Å². The van der Waals surface area contributed by atoms with Gasteiger partial charge in [0.2, 0.25) is 11.0 Å². The van der Waals surface area contributed by atoms with Gasteiger partial charge in [0.15, 0.2) is 0 Å². The minimum Gasteiger partial charge on any atom is -0.497 e. The highest BCUT2D eigenvalue weighted by molar-refractivity contribution is 7.98. The maximum absolute atomic E-state index is 12.8. The van der Waals surface area contributed by atoms with Gasteiger partial charge in [-0.25, -0.2) is 8.78 Å². The van der Waals surface area contributed by atoms with Crippen molar-refractivity contribution in [1.29, 1.82) is 0 Å². The summed E-state index contributed by atoms with van der Waals surface area (Å²) in [6, 6.07) is 7.11. The smallest absolute Gasteiger partial charge is 0.299 e. The largest absolute Gasteiger partial charge is 0.497 e. The molecule has 0 N–H and O–H groups in total. The lowest BCUT2D eigenvalue weighted by Crippen LogP contribution is -2.00. The molecule has 0 bridgehead atoms. The SMILES string of the molecule is COc1cccc(C=Nn2c(SC)nnc2C(F)F)c1. The van der Waals surface area contributed by atoms with Crippen LogP contribution in [0, 0.1) is 0 Å². The van der Waals surface area contributed by atoms with E-state index < -0.39 is 12.2 Å². The summed E-state index contributed by atoms with van der Waals surface area (Å²) in [4.78, 5) is 0. The highest BCUT2D eigenvalue weighted by Gasteiger charge is 2.19. The standard InChI is InChI=1S/C12H12F2N4OS/c1-19-9-5-3-4-8(6-9)7-15-18-11(10(13)14)16-17-12(18)20-2/h3-7,10H,1-2H3. The molecule has 0 saturated heterocycles. The van der Waals surface area contributed by atoms with E-state index >= 15 is 0 Å². The summed E-state index contributed by atoms with van der Waals surface area (Å²) in [5.41, 5.74) is 0.727. The molecule has 2 rings (SSSR count). The number of rotatable bonds is 5. The summed E-state index contributed by atoms with van der Waals surface area (Å²) in [7, 11) is 1.55. The Morgan fingerprint density at radius 2 is 2.20 bits per heavy atom. The summed E-state index contributed by atoms with van der Waals surface area (Å²) in [5.74, 6) is 0.186. The summed E-state index contributed by atoms with van der Waals surface area (Å²) >= 11 is 1.19. The highest BCUT2D eigenvalue weighted by Crippen LogP contribution is 2.21. The van der Waals surface area contributed by atoms with Crippen molar-refractivity contribution >= 4 is 18.0 Å². The Labute approximate surface area is 118 Å². The minimum absolute atomic E-state index is 0.305. The molecule has 0 spiro atoms. The van der Waals surface area contributed by atoms with E-state index in [1.165, 1.54) is 18.0 Å². The number of benzene rings is 1. The number of aromatic nitrogens is 3. The van der Waals surface area contributed by atoms with Crippen LogP contribution in [0.4, 0.5) is 8.78 Å². The van der Waals surface area contributed by atoms with Crippen LogP contribution in [0.5, 0.6) is 5.75 Å². The number of ether oxygens (including phenoxy) is 1. The molecule has 0 aliphatic heterocycles. The molecule has 0 fully saturated rings. The van der Waals surface area contributed by atoms with Gasteiger partial charge in [-0.1, -0.05) is 23.9 Å². The van der Waals surface area contributed by atoms with Crippen LogP contribution in [-0.2, 0) is 0 Å². The fourth-order valence-electron chi connectivity index (χ4n) is 1.49. The Kier molecular flexibility index (Phi) is 4.67. The summed E-state index contributed by atoms with van der Waals surface area (Å²) in [6.07, 6.45) is 0.444. The molecule has 0 atom stereocenters. The first-order chi connectivity index (χ1) is 9.65. The number of thioether (sulfide) groups is 1. The van der Waals surface area contributed by atoms with Gasteiger partial charge >= 0.3 is 0 Å². The summed E-state index contributed by atoms with van der Waals surface area (Å²) in [5, 5.41) is 11.4. The lowest BCUT2D eigenvalue weighted by molar-refractivity contribution is 0.135. The third kappa shape index (κ3) is 3.13. The average molecular weight is 298 g/mol. The van der Waals surface area contributed by atoms with Crippen LogP contribution in [0.1, 0.15) is 17.8 Å². The van der Waals surface area contributed by atoms with Gasteiger partial charge in [-0.05, 0) is 24.0 Å². The molecule has 0 aliphatic carbocycles. The molecule has 0 amide bonds. The van der Waals surface area contributed by atoms with Gasteiger partial charge in [-0.3, -0.25) is 0 Å². The van der Waals surface area contributed by atoms with E-state index in [9.17, 15) is 8.78 Å². The molecule has 0 aliphatic rings. The van der Waals surface area contributed by atoms with E-state index in [1.807, 2.05) is 0 Å². The van der Waals surface area contributed by atoms with Gasteiger partial charge in [0.1, 0.15) is 5.75 Å². The normalized spacial score (nSPS) is 11.4. The third-order valence-electron chi connectivity index (χ3n) is 2.43. The Morgan fingerprint density at radius 3 is 2.85 bits per heavy atom. The zero-order valence-electron chi connectivity index (χ0n) is 10.8. The van der Waals surface area contributed by atoms with E-state index in [1.54, 1.807) is 37.6 Å². The monoisotopic (exact) mass is 298 g/mol. The maximum atomic E-state index is 12.8. The fourth-order valence-corrected chi connectivity index (χ4v) is 1.93. The molecule has 20 heavy (non-hydrogen) atoms. The molecular weight excluding hydrogens is 286 g/mol. The van der Waals surface area contributed by atoms with Crippen LogP contribution in [0.15, 0.2) is 34.5 Å². The molecule has 8 heteroatoms. The zero-order valence-corrected chi connectivity index (χ0v) is 11.6. The van der Waals surface area contributed by atoms with Gasteiger partial charge in [-0.15, -0.1) is 10.2 Å². The number of halogens is 2. The third-order valence-corrected chi connectivity index (χ3v) is 3.05. The molecular formula is C12H12F2N4OS. The Hall–Kier alpha value is -1.96.